The number of hydrogen-bond acceptors (Lipinski definition) is 9. The van der Waals surface area contributed by atoms with Gasteiger partial charge in [0.05, 0.1) is 45.8 Å². The Morgan fingerprint density at radius 2 is 0.939 bits per heavy atom. The normalized spacial score (nSPS) is 12.0. The molecule has 4 aromatic carbocycles. The Bertz CT molecular complexity index is 2210. The molecule has 0 aliphatic heterocycles. The fourth-order valence-electron chi connectivity index (χ4n) is 5.19. The molecule has 0 aliphatic rings. The quantitative estimate of drug-likeness (QED) is 0.164. The molecule has 0 unspecified atom stereocenters. The van der Waals surface area contributed by atoms with Gasteiger partial charge in [0.2, 0.25) is 0 Å². The van der Waals surface area contributed by atoms with Crippen LogP contribution < -0.4 is 14.3 Å². The van der Waals surface area contributed by atoms with Gasteiger partial charge in [-0.3, -0.25) is 9.59 Å². The summed E-state index contributed by atoms with van der Waals surface area (Å²) < 4.78 is 21.1. The maximum atomic E-state index is 13.1. The Morgan fingerprint density at radius 3 is 1.29 bits per heavy atom. The number of esters is 2. The van der Waals surface area contributed by atoms with Gasteiger partial charge in [0, 0.05) is 24.2 Å². The second kappa shape index (κ2) is 14.2. The van der Waals surface area contributed by atoms with Crippen LogP contribution in [-0.2, 0) is 22.6 Å². The molecule has 0 bridgehead atoms. The lowest BCUT2D eigenvalue weighted by Gasteiger charge is -2.06. The summed E-state index contributed by atoms with van der Waals surface area (Å²) in [7, 11) is 2.67. The molecule has 248 valence electrons. The van der Waals surface area contributed by atoms with E-state index in [0.717, 1.165) is 20.4 Å². The number of carbonyl (C=O) groups excluding carboxylic acids is 4. The first-order chi connectivity index (χ1) is 23.7. The predicted molar refractivity (Wildman–Crippen MR) is 186 cm³/mol. The Hall–Kier alpha value is -5.66. The molecule has 0 radical (unpaired) electrons. The van der Waals surface area contributed by atoms with E-state index in [-0.39, 0.29) is 0 Å². The van der Waals surface area contributed by atoms with Gasteiger partial charge in [-0.25, -0.2) is 9.59 Å². The monoisotopic (exact) mass is 694 g/mol. The summed E-state index contributed by atoms with van der Waals surface area (Å²) in [5.74, 6) is -0.675. The zero-order valence-corrected chi connectivity index (χ0v) is 28.6. The Morgan fingerprint density at radius 1 is 0.571 bits per heavy atom. The smallest absolute Gasteiger partial charge is 0.337 e. The number of aryl methyl sites for hydroxylation is 2. The number of methoxy groups -OCH3 is 2. The van der Waals surface area contributed by atoms with Crippen LogP contribution in [-0.4, -0.2) is 47.1 Å². The largest absolute Gasteiger partial charge is 0.465 e. The zero-order chi connectivity index (χ0) is 34.7. The maximum Gasteiger partial charge on any atom is 0.337 e. The van der Waals surface area contributed by atoms with Crippen molar-refractivity contribution >= 4 is 66.9 Å². The van der Waals surface area contributed by atoms with Gasteiger partial charge >= 0.3 is 11.9 Å². The van der Waals surface area contributed by atoms with Gasteiger partial charge in [-0.05, 0) is 98.8 Å². The number of ether oxygens (including phenoxy) is 3. The standard InChI is InChI=1S/C36H30N4O7S2/c1-5-39-27-17-11-23(33(43)45-3)19-29(27)48-35(39)37-31(41)21-7-13-25(14-8-21)47-26-15-9-22(10-16-26)32(42)38-36-40(6-2)28-18-12-24(34(44)46-4)20-30(28)49-36/h7-20H,5-6H2,1-4H3. The maximum absolute atomic E-state index is 13.1. The average molecular weight is 695 g/mol. The van der Waals surface area contributed by atoms with E-state index in [1.807, 2.05) is 35.1 Å². The summed E-state index contributed by atoms with van der Waals surface area (Å²) in [6, 6.07) is 23.8. The first-order valence-corrected chi connectivity index (χ1v) is 16.9. The van der Waals surface area contributed by atoms with Gasteiger partial charge in [0.1, 0.15) is 11.5 Å². The van der Waals surface area contributed by atoms with E-state index in [9.17, 15) is 19.2 Å². The average Bonchev–Trinajstić information content (AvgIpc) is 3.66. The van der Waals surface area contributed by atoms with Crippen molar-refractivity contribution in [3.63, 3.8) is 0 Å². The van der Waals surface area contributed by atoms with Crippen molar-refractivity contribution in [1.82, 2.24) is 9.13 Å². The third kappa shape index (κ3) is 6.84. The van der Waals surface area contributed by atoms with Gasteiger partial charge in [-0.15, -0.1) is 0 Å². The molecule has 6 aromatic rings. The number of aromatic nitrogens is 2. The van der Waals surface area contributed by atoms with Crippen LogP contribution in [0, 0.1) is 0 Å². The second-order valence-corrected chi connectivity index (χ2v) is 12.6. The number of fused-ring (bicyclic) bond motifs is 2. The molecule has 2 amide bonds. The van der Waals surface area contributed by atoms with Crippen LogP contribution in [0.25, 0.3) is 20.4 Å². The molecule has 13 heteroatoms. The lowest BCUT2D eigenvalue weighted by molar-refractivity contribution is 0.0592. The van der Waals surface area contributed by atoms with Crippen molar-refractivity contribution in [2.75, 3.05) is 14.2 Å². The summed E-state index contributed by atoms with van der Waals surface area (Å²) in [6.07, 6.45) is 0. The zero-order valence-electron chi connectivity index (χ0n) is 27.0. The molecule has 0 saturated carbocycles. The molecule has 0 N–H and O–H groups in total. The van der Waals surface area contributed by atoms with Crippen molar-refractivity contribution in [2.24, 2.45) is 9.98 Å². The number of rotatable bonds is 8. The van der Waals surface area contributed by atoms with E-state index in [0.29, 0.717) is 56.4 Å². The molecule has 0 fully saturated rings. The lowest BCUT2D eigenvalue weighted by atomic mass is 10.2. The third-order valence-corrected chi connectivity index (χ3v) is 9.76. The van der Waals surface area contributed by atoms with Gasteiger partial charge in [0.15, 0.2) is 9.60 Å². The summed E-state index contributed by atoms with van der Waals surface area (Å²) in [6.45, 7) is 5.11. The van der Waals surface area contributed by atoms with Gasteiger partial charge in [-0.2, -0.15) is 9.98 Å². The number of hydrogen-bond donors (Lipinski definition) is 0. The number of amides is 2. The highest BCUT2D eigenvalue weighted by Crippen LogP contribution is 2.24. The van der Waals surface area contributed by atoms with Crippen LogP contribution in [0.1, 0.15) is 55.3 Å². The minimum atomic E-state index is -0.429. The molecule has 0 atom stereocenters. The lowest BCUT2D eigenvalue weighted by Crippen LogP contribution is -2.15. The molecule has 0 saturated heterocycles. The van der Waals surface area contributed by atoms with Crippen molar-refractivity contribution < 1.29 is 33.4 Å². The minimum Gasteiger partial charge on any atom is -0.465 e. The SMILES string of the molecule is CCn1c(=NC(=O)c2ccc(Oc3ccc(C(=O)N=c4sc5cc(C(=O)OC)ccc5n4CC)cc3)cc2)sc2cc(C(=O)OC)ccc21. The second-order valence-electron chi connectivity index (χ2n) is 10.6. The van der Waals surface area contributed by atoms with E-state index in [4.69, 9.17) is 14.2 Å². The van der Waals surface area contributed by atoms with E-state index in [2.05, 4.69) is 9.98 Å². The molecule has 0 aliphatic carbocycles. The molecule has 11 nitrogen and oxygen atoms in total. The van der Waals surface area contributed by atoms with Crippen molar-refractivity contribution in [3.05, 3.63) is 117 Å². The number of nitrogens with zero attached hydrogens (tertiary/aromatic N) is 4. The van der Waals surface area contributed by atoms with Crippen LogP contribution in [0.5, 0.6) is 11.5 Å². The number of benzene rings is 4. The fourth-order valence-corrected chi connectivity index (χ4v) is 7.45. The van der Waals surface area contributed by atoms with E-state index in [1.165, 1.54) is 36.9 Å². The van der Waals surface area contributed by atoms with Gasteiger partial charge in [0.25, 0.3) is 11.8 Å². The summed E-state index contributed by atoms with van der Waals surface area (Å²) in [4.78, 5) is 59.9. The van der Waals surface area contributed by atoms with E-state index in [1.54, 1.807) is 72.8 Å². The Kier molecular flexibility index (Phi) is 9.65. The topological polar surface area (TPSA) is 131 Å². The van der Waals surface area contributed by atoms with Crippen LogP contribution in [0.15, 0.2) is 94.9 Å². The van der Waals surface area contributed by atoms with Gasteiger partial charge in [-0.1, -0.05) is 22.7 Å². The predicted octanol–water partition coefficient (Wildman–Crippen LogP) is 6.61. The van der Waals surface area contributed by atoms with Crippen molar-refractivity contribution in [2.45, 2.75) is 26.9 Å². The number of thiazole rings is 2. The molecule has 2 heterocycles. The highest BCUT2D eigenvalue weighted by atomic mass is 32.1. The van der Waals surface area contributed by atoms with Crippen LogP contribution in [0.2, 0.25) is 0 Å². The highest BCUT2D eigenvalue weighted by molar-refractivity contribution is 7.16. The minimum absolute atomic E-state index is 0.386. The Labute approximate surface area is 288 Å². The van der Waals surface area contributed by atoms with Gasteiger partial charge < -0.3 is 23.3 Å². The molecule has 49 heavy (non-hydrogen) atoms. The molecular formula is C36H30N4O7S2. The number of carbonyl (C=O) groups is 4. The Balaban J connectivity index is 1.16. The summed E-state index contributed by atoms with van der Waals surface area (Å²) in [5, 5.41) is 0. The molecule has 0 spiro atoms. The molecule has 2 aromatic heterocycles. The summed E-state index contributed by atoms with van der Waals surface area (Å²) >= 11 is 2.65. The van der Waals surface area contributed by atoms with Crippen LogP contribution >= 0.6 is 22.7 Å². The molecular weight excluding hydrogens is 665 g/mol. The highest BCUT2D eigenvalue weighted by Gasteiger charge is 2.14. The van der Waals surface area contributed by atoms with E-state index < -0.39 is 23.8 Å². The van der Waals surface area contributed by atoms with Crippen molar-refractivity contribution in [3.8, 4) is 11.5 Å². The third-order valence-electron chi connectivity index (χ3n) is 7.67. The van der Waals surface area contributed by atoms with Crippen LogP contribution in [0.4, 0.5) is 0 Å². The molecule has 6 rings (SSSR count). The van der Waals surface area contributed by atoms with Crippen molar-refractivity contribution in [1.29, 1.82) is 0 Å². The first kappa shape index (κ1) is 33.2. The van der Waals surface area contributed by atoms with E-state index >= 15 is 0 Å². The van der Waals surface area contributed by atoms with Crippen LogP contribution in [0.3, 0.4) is 0 Å². The first-order valence-electron chi connectivity index (χ1n) is 15.2. The fraction of sp³-hybridized carbons (Fsp3) is 0.167. The summed E-state index contributed by atoms with van der Waals surface area (Å²) in [5.41, 5.74) is 3.38.